The van der Waals surface area contributed by atoms with Crippen molar-refractivity contribution in [1.82, 2.24) is 15.5 Å². The first-order valence-corrected chi connectivity index (χ1v) is 8.29. The Kier molecular flexibility index (Phi) is 3.98. The van der Waals surface area contributed by atoms with Crippen LogP contribution in [0.4, 0.5) is 14.6 Å². The van der Waals surface area contributed by atoms with Crippen LogP contribution in [0.25, 0.3) is 0 Å². The number of H-pyrrole nitrogens is 1. The Balaban J connectivity index is 1.89. The van der Waals surface area contributed by atoms with Gasteiger partial charge in [0, 0.05) is 22.7 Å². The third kappa shape index (κ3) is 2.59. The summed E-state index contributed by atoms with van der Waals surface area (Å²) in [6.07, 6.45) is 3.33. The van der Waals surface area contributed by atoms with Crippen LogP contribution in [0.5, 0.6) is 0 Å². The molecule has 1 aromatic heterocycles. The molecule has 128 valence electrons. The number of nitrogens with one attached hydrogen (secondary N) is 3. The largest absolute Gasteiger partial charge is 0.343 e. The van der Waals surface area contributed by atoms with Crippen LogP contribution in [0.15, 0.2) is 35.7 Å². The number of benzene rings is 1. The van der Waals surface area contributed by atoms with Gasteiger partial charge in [0.1, 0.15) is 5.82 Å². The van der Waals surface area contributed by atoms with Crippen molar-refractivity contribution in [3.05, 3.63) is 58.4 Å². The molecule has 1 unspecified atom stereocenters. The van der Waals surface area contributed by atoms with E-state index in [0.717, 1.165) is 37.7 Å². The quantitative estimate of drug-likeness (QED) is 0.785. The number of halogens is 2. The molecule has 3 heterocycles. The predicted molar refractivity (Wildman–Crippen MR) is 88.6 cm³/mol. The molecule has 0 amide bonds. The molecule has 1 aromatic carbocycles. The number of aromatic nitrogens is 2. The summed E-state index contributed by atoms with van der Waals surface area (Å²) in [4.78, 5) is 0. The van der Waals surface area contributed by atoms with Gasteiger partial charge >= 0.3 is 0 Å². The van der Waals surface area contributed by atoms with E-state index in [0.29, 0.717) is 17.0 Å². The molecule has 25 heavy (non-hydrogen) atoms. The SMILES string of the molecule is N#CC1=C(C2CCNCC2)Nc2[nH]ncc2C1c1cccc(F)c1F. The first-order valence-electron chi connectivity index (χ1n) is 8.29. The van der Waals surface area contributed by atoms with Crippen LogP contribution in [0.3, 0.4) is 0 Å². The molecule has 5 nitrogen and oxygen atoms in total. The van der Waals surface area contributed by atoms with Gasteiger partial charge in [0.15, 0.2) is 11.6 Å². The van der Waals surface area contributed by atoms with Crippen LogP contribution in [0.1, 0.15) is 29.9 Å². The van der Waals surface area contributed by atoms with Gasteiger partial charge in [-0.1, -0.05) is 12.1 Å². The second-order valence-corrected chi connectivity index (χ2v) is 6.36. The number of fused-ring (bicyclic) bond motifs is 1. The van der Waals surface area contributed by atoms with E-state index in [1.165, 1.54) is 12.1 Å². The molecule has 2 aliphatic rings. The van der Waals surface area contributed by atoms with Crippen LogP contribution in [0, 0.1) is 28.9 Å². The van der Waals surface area contributed by atoms with Crippen molar-refractivity contribution in [2.24, 2.45) is 5.92 Å². The molecule has 0 saturated carbocycles. The first kappa shape index (κ1) is 15.8. The molecule has 0 aliphatic carbocycles. The van der Waals surface area contributed by atoms with Crippen molar-refractivity contribution in [1.29, 1.82) is 5.26 Å². The van der Waals surface area contributed by atoms with Gasteiger partial charge in [-0.15, -0.1) is 0 Å². The van der Waals surface area contributed by atoms with Crippen molar-refractivity contribution in [3.8, 4) is 6.07 Å². The average Bonchev–Trinajstić information content (AvgIpc) is 3.11. The zero-order chi connectivity index (χ0) is 17.4. The van der Waals surface area contributed by atoms with E-state index in [4.69, 9.17) is 0 Å². The van der Waals surface area contributed by atoms with Crippen molar-refractivity contribution in [2.75, 3.05) is 18.4 Å². The minimum Gasteiger partial charge on any atom is -0.343 e. The van der Waals surface area contributed by atoms with E-state index in [-0.39, 0.29) is 11.5 Å². The highest BCUT2D eigenvalue weighted by Crippen LogP contribution is 2.44. The molecule has 4 rings (SSSR count). The number of piperidine rings is 1. The van der Waals surface area contributed by atoms with Crippen LogP contribution in [-0.4, -0.2) is 23.3 Å². The number of anilines is 1. The molecule has 0 spiro atoms. The molecule has 0 radical (unpaired) electrons. The molecule has 1 saturated heterocycles. The lowest BCUT2D eigenvalue weighted by Crippen LogP contribution is -2.32. The second-order valence-electron chi connectivity index (χ2n) is 6.36. The van der Waals surface area contributed by atoms with Crippen molar-refractivity contribution in [2.45, 2.75) is 18.8 Å². The number of hydrogen-bond acceptors (Lipinski definition) is 4. The number of nitrogens with zero attached hydrogens (tertiary/aromatic N) is 2. The summed E-state index contributed by atoms with van der Waals surface area (Å²) in [6.45, 7) is 1.73. The Morgan fingerprint density at radius 3 is 2.72 bits per heavy atom. The Morgan fingerprint density at radius 1 is 1.16 bits per heavy atom. The molecule has 1 atom stereocenters. The second kappa shape index (κ2) is 6.30. The highest BCUT2D eigenvalue weighted by Gasteiger charge is 2.36. The minimum atomic E-state index is -0.918. The Bertz CT molecular complexity index is 874. The van der Waals surface area contributed by atoms with E-state index < -0.39 is 17.6 Å². The van der Waals surface area contributed by atoms with E-state index in [1.54, 1.807) is 6.20 Å². The lowest BCUT2D eigenvalue weighted by molar-refractivity contribution is 0.417. The topological polar surface area (TPSA) is 76.5 Å². The molecule has 0 bridgehead atoms. The highest BCUT2D eigenvalue weighted by atomic mass is 19.2. The minimum absolute atomic E-state index is 0.159. The molecular weight excluding hydrogens is 324 g/mol. The lowest BCUT2D eigenvalue weighted by atomic mass is 9.79. The average molecular weight is 341 g/mol. The third-order valence-corrected chi connectivity index (χ3v) is 4.98. The highest BCUT2D eigenvalue weighted by molar-refractivity contribution is 5.64. The summed E-state index contributed by atoms with van der Waals surface area (Å²) in [5, 5.41) is 23.3. The Morgan fingerprint density at radius 2 is 1.96 bits per heavy atom. The fraction of sp³-hybridized carbons (Fsp3) is 0.333. The summed E-state index contributed by atoms with van der Waals surface area (Å²) in [5.74, 6) is -1.69. The van der Waals surface area contributed by atoms with Gasteiger partial charge < -0.3 is 10.6 Å². The maximum atomic E-state index is 14.5. The molecule has 3 N–H and O–H groups in total. The standard InChI is InChI=1S/C18H17F2N5/c19-14-3-1-2-11(16(14)20)15-12(8-21)17(10-4-6-22-7-5-10)24-18-13(15)9-23-25-18/h1-3,9-10,15,22H,4-7H2,(H2,23,24,25). The fourth-order valence-corrected chi connectivity index (χ4v) is 3.75. The number of nitriles is 1. The van der Waals surface area contributed by atoms with E-state index >= 15 is 0 Å². The van der Waals surface area contributed by atoms with Crippen LogP contribution >= 0.6 is 0 Å². The van der Waals surface area contributed by atoms with Gasteiger partial charge in [0.05, 0.1) is 23.8 Å². The predicted octanol–water partition coefficient (Wildman–Crippen LogP) is 3.02. The maximum absolute atomic E-state index is 14.5. The number of aromatic amines is 1. The molecule has 2 aliphatic heterocycles. The zero-order valence-electron chi connectivity index (χ0n) is 13.4. The van der Waals surface area contributed by atoms with Gasteiger partial charge in [0.2, 0.25) is 0 Å². The van der Waals surface area contributed by atoms with Crippen molar-refractivity contribution in [3.63, 3.8) is 0 Å². The fourth-order valence-electron chi connectivity index (χ4n) is 3.75. The van der Waals surface area contributed by atoms with Crippen LogP contribution in [-0.2, 0) is 0 Å². The van der Waals surface area contributed by atoms with E-state index in [2.05, 4.69) is 26.9 Å². The maximum Gasteiger partial charge on any atom is 0.162 e. The smallest absolute Gasteiger partial charge is 0.162 e. The summed E-state index contributed by atoms with van der Waals surface area (Å²) >= 11 is 0. The van der Waals surface area contributed by atoms with Gasteiger partial charge in [-0.05, 0) is 32.0 Å². The molecular formula is C18H17F2N5. The monoisotopic (exact) mass is 341 g/mol. The summed E-state index contributed by atoms with van der Waals surface area (Å²) in [5.41, 5.74) is 2.03. The Labute approximate surface area is 143 Å². The lowest BCUT2D eigenvalue weighted by Gasteiger charge is -2.32. The number of rotatable bonds is 2. The van der Waals surface area contributed by atoms with Crippen molar-refractivity contribution >= 4 is 5.82 Å². The number of allylic oxidation sites excluding steroid dienone is 2. The van der Waals surface area contributed by atoms with E-state index in [1.807, 2.05) is 0 Å². The summed E-state index contributed by atoms with van der Waals surface area (Å²) < 4.78 is 28.3. The van der Waals surface area contributed by atoms with Gasteiger partial charge in [-0.2, -0.15) is 10.4 Å². The van der Waals surface area contributed by atoms with Gasteiger partial charge in [-0.25, -0.2) is 8.78 Å². The van der Waals surface area contributed by atoms with Gasteiger partial charge in [0.25, 0.3) is 0 Å². The van der Waals surface area contributed by atoms with Crippen LogP contribution in [0.2, 0.25) is 0 Å². The zero-order valence-corrected chi connectivity index (χ0v) is 13.4. The molecule has 2 aromatic rings. The summed E-state index contributed by atoms with van der Waals surface area (Å²) in [7, 11) is 0. The van der Waals surface area contributed by atoms with Crippen LogP contribution < -0.4 is 10.6 Å². The first-order chi connectivity index (χ1) is 12.2. The molecule has 1 fully saturated rings. The van der Waals surface area contributed by atoms with E-state index in [9.17, 15) is 14.0 Å². The summed E-state index contributed by atoms with van der Waals surface area (Å²) in [6, 6.07) is 6.32. The third-order valence-electron chi connectivity index (χ3n) is 4.98. The van der Waals surface area contributed by atoms with Gasteiger partial charge in [-0.3, -0.25) is 5.10 Å². The molecule has 7 heteroatoms. The Hall–Kier alpha value is -2.72. The van der Waals surface area contributed by atoms with Crippen molar-refractivity contribution < 1.29 is 8.78 Å². The number of hydrogen-bond donors (Lipinski definition) is 3. The normalized spacial score (nSPS) is 20.8.